The molecule has 218 valence electrons. The first-order valence-corrected chi connectivity index (χ1v) is 14.8. The summed E-state index contributed by atoms with van der Waals surface area (Å²) >= 11 is 0. The first-order valence-electron chi connectivity index (χ1n) is 14.8. The molecular weight excluding hydrogens is 530 g/mol. The molecule has 2 fully saturated rings. The number of ether oxygens (including phenoxy) is 1. The zero-order valence-electron chi connectivity index (χ0n) is 23.7. The Kier molecular flexibility index (Phi) is 7.73. The van der Waals surface area contributed by atoms with Crippen molar-refractivity contribution in [3.05, 3.63) is 95.6 Å². The number of benzene rings is 3. The van der Waals surface area contributed by atoms with Crippen LogP contribution in [0, 0.1) is 0 Å². The number of aliphatic carboxylic acids is 1. The second-order valence-electron chi connectivity index (χ2n) is 11.8. The van der Waals surface area contributed by atoms with E-state index < -0.39 is 29.0 Å². The van der Waals surface area contributed by atoms with Gasteiger partial charge < -0.3 is 20.5 Å². The van der Waals surface area contributed by atoms with Crippen LogP contribution in [0.1, 0.15) is 61.1 Å². The summed E-state index contributed by atoms with van der Waals surface area (Å²) in [6, 6.07) is 26.4. The zero-order chi connectivity index (χ0) is 29.2. The number of carboxylic acids is 1. The monoisotopic (exact) mass is 567 g/mol. The number of hydrogen-bond donors (Lipinski definition) is 3. The fourth-order valence-electron chi connectivity index (χ4n) is 6.88. The Morgan fingerprint density at radius 3 is 1.93 bits per heavy atom. The summed E-state index contributed by atoms with van der Waals surface area (Å²) in [6.07, 6.45) is 2.29. The maximum Gasteiger partial charge on any atom is 0.408 e. The van der Waals surface area contributed by atoms with E-state index in [1.807, 2.05) is 42.5 Å². The van der Waals surface area contributed by atoms with Crippen LogP contribution in [0.2, 0.25) is 0 Å². The predicted molar refractivity (Wildman–Crippen MR) is 159 cm³/mol. The van der Waals surface area contributed by atoms with E-state index in [4.69, 9.17) is 4.74 Å². The summed E-state index contributed by atoms with van der Waals surface area (Å²) in [6.45, 7) is 2.03. The number of fused-ring (bicyclic) bond motifs is 3. The number of carbonyl (C=O) groups is 3. The number of piperidine rings is 1. The smallest absolute Gasteiger partial charge is 0.408 e. The van der Waals surface area contributed by atoms with Crippen molar-refractivity contribution in [2.24, 2.45) is 0 Å². The van der Waals surface area contributed by atoms with Crippen LogP contribution in [-0.4, -0.2) is 58.8 Å². The highest BCUT2D eigenvalue weighted by Crippen LogP contribution is 2.44. The van der Waals surface area contributed by atoms with Gasteiger partial charge in [0, 0.05) is 25.6 Å². The third-order valence-corrected chi connectivity index (χ3v) is 9.30. The molecule has 2 aliphatic carbocycles. The van der Waals surface area contributed by atoms with E-state index >= 15 is 0 Å². The minimum absolute atomic E-state index is 0.102. The molecule has 6 rings (SSSR count). The van der Waals surface area contributed by atoms with Gasteiger partial charge in [0.05, 0.1) is 0 Å². The molecule has 1 saturated carbocycles. The van der Waals surface area contributed by atoms with Gasteiger partial charge in [-0.1, -0.05) is 91.7 Å². The van der Waals surface area contributed by atoms with Gasteiger partial charge in [-0.3, -0.25) is 9.69 Å². The third kappa shape index (κ3) is 5.39. The van der Waals surface area contributed by atoms with Crippen LogP contribution < -0.4 is 10.6 Å². The Morgan fingerprint density at radius 2 is 1.33 bits per heavy atom. The quantitative estimate of drug-likeness (QED) is 0.351. The van der Waals surface area contributed by atoms with E-state index in [0.717, 1.165) is 41.6 Å². The Hall–Kier alpha value is -4.17. The lowest BCUT2D eigenvalue weighted by Gasteiger charge is -2.42. The maximum absolute atomic E-state index is 13.9. The SMILES string of the molecule is O=C(NC1(C(=O)NC2(C(=O)O)CCCC2)CCN(Cc2ccccc2)CC1)OCC1c2ccccc2-c2ccccc21. The summed E-state index contributed by atoms with van der Waals surface area (Å²) < 4.78 is 5.82. The second kappa shape index (κ2) is 11.6. The van der Waals surface area contributed by atoms with E-state index in [0.29, 0.717) is 38.8 Å². The minimum Gasteiger partial charge on any atom is -0.480 e. The number of likely N-dealkylation sites (tertiary alicyclic amines) is 1. The third-order valence-electron chi connectivity index (χ3n) is 9.30. The molecule has 3 N–H and O–H groups in total. The molecule has 0 spiro atoms. The lowest BCUT2D eigenvalue weighted by atomic mass is 9.84. The molecule has 8 heteroatoms. The number of nitrogens with one attached hydrogen (secondary N) is 2. The highest BCUT2D eigenvalue weighted by Gasteiger charge is 2.49. The van der Waals surface area contributed by atoms with E-state index in [-0.39, 0.29) is 12.5 Å². The van der Waals surface area contributed by atoms with Crippen molar-refractivity contribution in [3.63, 3.8) is 0 Å². The van der Waals surface area contributed by atoms with Gasteiger partial charge in [-0.2, -0.15) is 0 Å². The number of amides is 2. The molecule has 3 aromatic carbocycles. The van der Waals surface area contributed by atoms with Crippen molar-refractivity contribution in [2.75, 3.05) is 19.7 Å². The van der Waals surface area contributed by atoms with E-state index in [1.54, 1.807) is 0 Å². The Labute approximate surface area is 246 Å². The van der Waals surface area contributed by atoms with Gasteiger partial charge in [-0.15, -0.1) is 0 Å². The molecule has 1 heterocycles. The molecule has 0 aromatic heterocycles. The molecule has 1 aliphatic heterocycles. The van der Waals surface area contributed by atoms with Gasteiger partial charge in [0.2, 0.25) is 5.91 Å². The molecule has 0 radical (unpaired) electrons. The number of carbonyl (C=O) groups excluding carboxylic acids is 2. The van der Waals surface area contributed by atoms with Crippen LogP contribution in [0.4, 0.5) is 4.79 Å². The topological polar surface area (TPSA) is 108 Å². The fraction of sp³-hybridized carbons (Fsp3) is 0.382. The number of alkyl carbamates (subject to hydrolysis) is 1. The Balaban J connectivity index is 1.18. The number of hydrogen-bond acceptors (Lipinski definition) is 5. The van der Waals surface area contributed by atoms with Crippen LogP contribution in [0.5, 0.6) is 0 Å². The lowest BCUT2D eigenvalue weighted by molar-refractivity contribution is -0.149. The molecule has 3 aliphatic rings. The van der Waals surface area contributed by atoms with Crippen molar-refractivity contribution in [1.82, 2.24) is 15.5 Å². The van der Waals surface area contributed by atoms with Gasteiger partial charge in [-0.25, -0.2) is 9.59 Å². The van der Waals surface area contributed by atoms with E-state index in [1.165, 1.54) is 5.56 Å². The van der Waals surface area contributed by atoms with Crippen LogP contribution in [0.15, 0.2) is 78.9 Å². The number of carboxylic acid groups (broad SMARTS) is 1. The molecule has 3 aromatic rings. The number of rotatable bonds is 8. The average Bonchev–Trinajstić information content (AvgIpc) is 3.61. The van der Waals surface area contributed by atoms with Crippen molar-refractivity contribution in [1.29, 1.82) is 0 Å². The lowest BCUT2D eigenvalue weighted by Crippen LogP contribution is -2.67. The molecule has 8 nitrogen and oxygen atoms in total. The van der Waals surface area contributed by atoms with Crippen molar-refractivity contribution >= 4 is 18.0 Å². The first-order chi connectivity index (χ1) is 20.4. The Morgan fingerprint density at radius 1 is 0.762 bits per heavy atom. The fourth-order valence-corrected chi connectivity index (χ4v) is 6.88. The first kappa shape index (κ1) is 28.0. The van der Waals surface area contributed by atoms with Crippen LogP contribution >= 0.6 is 0 Å². The summed E-state index contributed by atoms with van der Waals surface area (Å²) in [4.78, 5) is 41.8. The van der Waals surface area contributed by atoms with Crippen LogP contribution in [-0.2, 0) is 20.9 Å². The van der Waals surface area contributed by atoms with Gasteiger partial charge in [0.25, 0.3) is 0 Å². The molecule has 0 unspecified atom stereocenters. The predicted octanol–water partition coefficient (Wildman–Crippen LogP) is 5.07. The molecular formula is C34H37N3O5. The maximum atomic E-state index is 13.9. The molecule has 0 atom stereocenters. The van der Waals surface area contributed by atoms with E-state index in [2.05, 4.69) is 51.9 Å². The van der Waals surface area contributed by atoms with Crippen molar-refractivity contribution in [3.8, 4) is 11.1 Å². The summed E-state index contributed by atoms with van der Waals surface area (Å²) in [5, 5.41) is 15.8. The molecule has 0 bridgehead atoms. The minimum atomic E-state index is -1.30. The number of nitrogens with zero attached hydrogens (tertiary/aromatic N) is 1. The van der Waals surface area contributed by atoms with Crippen LogP contribution in [0.3, 0.4) is 0 Å². The van der Waals surface area contributed by atoms with Gasteiger partial charge in [-0.05, 0) is 53.5 Å². The molecule has 42 heavy (non-hydrogen) atoms. The molecule has 2 amide bonds. The molecule has 1 saturated heterocycles. The zero-order valence-corrected chi connectivity index (χ0v) is 23.7. The normalized spacial score (nSPS) is 19.0. The average molecular weight is 568 g/mol. The summed E-state index contributed by atoms with van der Waals surface area (Å²) in [5.41, 5.74) is 3.11. The van der Waals surface area contributed by atoms with Crippen molar-refractivity contribution < 1.29 is 24.2 Å². The largest absolute Gasteiger partial charge is 0.480 e. The van der Waals surface area contributed by atoms with E-state index in [9.17, 15) is 19.5 Å². The highest BCUT2D eigenvalue weighted by molar-refractivity contribution is 5.94. The highest BCUT2D eigenvalue weighted by atomic mass is 16.5. The van der Waals surface area contributed by atoms with Gasteiger partial charge >= 0.3 is 12.1 Å². The Bertz CT molecular complexity index is 1410. The summed E-state index contributed by atoms with van der Waals surface area (Å²) in [5.74, 6) is -1.57. The van der Waals surface area contributed by atoms with Crippen LogP contribution in [0.25, 0.3) is 11.1 Å². The van der Waals surface area contributed by atoms with Gasteiger partial charge in [0.15, 0.2) is 0 Å². The standard InChI is InChI=1S/C34H37N3O5/c38-30(35-34(31(39)40)16-8-9-17-34)33(18-20-37(21-19-33)22-24-10-2-1-3-11-24)36-32(41)42-23-29-27-14-6-4-12-25(27)26-13-5-7-15-28(26)29/h1-7,10-15,29H,8-9,16-23H2,(H,35,38)(H,36,41)(H,39,40). The van der Waals surface area contributed by atoms with Gasteiger partial charge in [0.1, 0.15) is 17.7 Å². The van der Waals surface area contributed by atoms with Crippen molar-refractivity contribution in [2.45, 2.75) is 62.1 Å². The second-order valence-corrected chi connectivity index (χ2v) is 11.8. The summed E-state index contributed by atoms with van der Waals surface area (Å²) in [7, 11) is 0.